The molecule has 150 valence electrons. The minimum atomic E-state index is -4.01. The van der Waals surface area contributed by atoms with Gasteiger partial charge in [0, 0.05) is 17.1 Å². The zero-order valence-electron chi connectivity index (χ0n) is 14.9. The van der Waals surface area contributed by atoms with Crippen molar-refractivity contribution in [2.45, 2.75) is 24.3 Å². The van der Waals surface area contributed by atoms with Crippen LogP contribution in [0.2, 0.25) is 0 Å². The van der Waals surface area contributed by atoms with Crippen molar-refractivity contribution in [3.8, 4) is 11.6 Å². The number of aryl methyl sites for hydroxylation is 1. The molecule has 2 N–H and O–H groups in total. The summed E-state index contributed by atoms with van der Waals surface area (Å²) < 4.78 is 64.7. The van der Waals surface area contributed by atoms with Gasteiger partial charge in [-0.25, -0.2) is 13.8 Å². The Morgan fingerprint density at radius 3 is 2.75 bits per heavy atom. The average Bonchev–Trinajstić information content (AvgIpc) is 3.08. The molecule has 0 aliphatic heterocycles. The summed E-state index contributed by atoms with van der Waals surface area (Å²) >= 11 is 1.14. The van der Waals surface area contributed by atoms with Gasteiger partial charge < -0.3 is 14.5 Å². The van der Waals surface area contributed by atoms with Crippen LogP contribution in [-0.2, 0) is 6.42 Å². The van der Waals surface area contributed by atoms with Crippen molar-refractivity contribution in [3.05, 3.63) is 35.9 Å². The molecule has 0 saturated carbocycles. The van der Waals surface area contributed by atoms with Crippen LogP contribution in [0.1, 0.15) is 12.6 Å². The molecule has 0 aliphatic carbocycles. The van der Waals surface area contributed by atoms with Crippen molar-refractivity contribution in [2.75, 3.05) is 18.5 Å². The highest BCUT2D eigenvalue weighted by atomic mass is 32.2. The van der Waals surface area contributed by atoms with E-state index in [1.807, 2.05) is 0 Å². The van der Waals surface area contributed by atoms with Crippen LogP contribution in [0.5, 0.6) is 11.6 Å². The fraction of sp³-hybridized carbons (Fsp3) is 0.294. The number of methoxy groups -OCH3 is 1. The summed E-state index contributed by atoms with van der Waals surface area (Å²) in [6, 6.07) is 4.33. The van der Waals surface area contributed by atoms with E-state index in [1.165, 1.54) is 19.2 Å². The summed E-state index contributed by atoms with van der Waals surface area (Å²) in [5, 5.41) is 0.782. The zero-order valence-corrected chi connectivity index (χ0v) is 15.7. The number of hydrogen-bond donors (Lipinski definition) is 2. The average molecular weight is 416 g/mol. The van der Waals surface area contributed by atoms with Crippen molar-refractivity contribution in [3.63, 3.8) is 0 Å². The van der Waals surface area contributed by atoms with E-state index < -0.39 is 18.5 Å². The molecule has 0 saturated heterocycles. The molecule has 11 heteroatoms. The van der Waals surface area contributed by atoms with Crippen LogP contribution in [0.3, 0.4) is 0 Å². The number of H-pyrrole nitrogens is 1. The molecule has 0 radical (unpaired) electrons. The predicted octanol–water partition coefficient (Wildman–Crippen LogP) is 4.73. The van der Waals surface area contributed by atoms with Crippen LogP contribution in [0.15, 0.2) is 29.3 Å². The van der Waals surface area contributed by atoms with Crippen molar-refractivity contribution in [2.24, 2.45) is 0 Å². The first kappa shape index (κ1) is 20.1. The second-order valence-corrected chi connectivity index (χ2v) is 6.45. The first-order valence-corrected chi connectivity index (χ1v) is 8.95. The Balaban J connectivity index is 1.85. The smallest absolute Gasteiger partial charge is 0.427 e. The van der Waals surface area contributed by atoms with Gasteiger partial charge in [-0.05, 0) is 36.6 Å². The van der Waals surface area contributed by atoms with E-state index >= 15 is 0 Å². The van der Waals surface area contributed by atoms with Gasteiger partial charge in [-0.2, -0.15) is 13.8 Å². The lowest BCUT2D eigenvalue weighted by Gasteiger charge is -2.18. The third-order valence-corrected chi connectivity index (χ3v) is 4.54. The van der Waals surface area contributed by atoms with Crippen LogP contribution in [-0.4, -0.2) is 34.8 Å². The summed E-state index contributed by atoms with van der Waals surface area (Å²) in [6.45, 7) is -0.316. The predicted molar refractivity (Wildman–Crippen MR) is 97.2 cm³/mol. The summed E-state index contributed by atoms with van der Waals surface area (Å²) in [5.41, 5.74) is 0.748. The molecular formula is C17H16F4N4O2S. The minimum absolute atomic E-state index is 0.0890. The lowest BCUT2D eigenvalue weighted by atomic mass is 10.2. The molecule has 0 unspecified atom stereocenters. The summed E-state index contributed by atoms with van der Waals surface area (Å²) in [7, 11) is 1.23. The highest BCUT2D eigenvalue weighted by Gasteiger charge is 2.35. The van der Waals surface area contributed by atoms with Gasteiger partial charge in [0.05, 0.1) is 17.7 Å². The quantitative estimate of drug-likeness (QED) is 0.409. The second kappa shape index (κ2) is 8.13. The highest BCUT2D eigenvalue weighted by molar-refractivity contribution is 8.00. The van der Waals surface area contributed by atoms with E-state index in [-0.39, 0.29) is 29.8 Å². The number of nitrogens with one attached hydrogen (secondary N) is 2. The number of benzene rings is 1. The maximum absolute atomic E-state index is 13.3. The number of alkyl halides is 3. The van der Waals surface area contributed by atoms with Gasteiger partial charge in [-0.15, -0.1) is 0 Å². The Morgan fingerprint density at radius 1 is 1.29 bits per heavy atom. The zero-order chi connectivity index (χ0) is 20.3. The van der Waals surface area contributed by atoms with Crippen LogP contribution in [0.4, 0.5) is 23.5 Å². The number of anilines is 1. The van der Waals surface area contributed by atoms with Crippen molar-refractivity contribution in [1.82, 2.24) is 15.0 Å². The van der Waals surface area contributed by atoms with Gasteiger partial charge in [0.2, 0.25) is 11.7 Å². The monoisotopic (exact) mass is 416 g/mol. The molecule has 0 spiro atoms. The van der Waals surface area contributed by atoms with Gasteiger partial charge in [-0.1, -0.05) is 6.92 Å². The number of fused-ring (bicyclic) bond motifs is 1. The second-order valence-electron chi connectivity index (χ2n) is 5.61. The number of hydrogen-bond acceptors (Lipinski definition) is 6. The van der Waals surface area contributed by atoms with Gasteiger partial charge in [0.1, 0.15) is 5.82 Å². The standard InChI is InChI=1S/C17H16F4N4O2S/c1-3-11-14(27-17(20,21)8-18)15(26-2)24-16(23-11)25-28-13-7-22-12-6-9(19)4-5-10(12)13/h4-7,22H,3,8H2,1-2H3,(H,23,24,25). The normalized spacial score (nSPS) is 11.6. The van der Waals surface area contributed by atoms with Crippen molar-refractivity contribution in [1.29, 1.82) is 0 Å². The van der Waals surface area contributed by atoms with E-state index in [1.54, 1.807) is 19.2 Å². The summed E-state index contributed by atoms with van der Waals surface area (Å²) in [5.74, 6) is -0.930. The van der Waals surface area contributed by atoms with Crippen LogP contribution in [0, 0.1) is 5.82 Å². The third kappa shape index (κ3) is 4.24. The molecule has 0 bridgehead atoms. The number of aromatic amines is 1. The summed E-state index contributed by atoms with van der Waals surface area (Å²) in [6.07, 6.45) is -2.11. The molecule has 0 atom stereocenters. The molecule has 3 rings (SSSR count). The molecule has 6 nitrogen and oxygen atoms in total. The SMILES string of the molecule is CCc1nc(NSc2c[nH]c3cc(F)ccc23)nc(OC)c1OC(F)(F)CF. The number of aromatic nitrogens is 3. The van der Waals surface area contributed by atoms with E-state index in [0.29, 0.717) is 5.52 Å². The number of halogens is 4. The van der Waals surface area contributed by atoms with E-state index in [9.17, 15) is 17.6 Å². The lowest BCUT2D eigenvalue weighted by Crippen LogP contribution is -2.28. The topological polar surface area (TPSA) is 72.1 Å². The van der Waals surface area contributed by atoms with E-state index in [2.05, 4.69) is 24.4 Å². The molecule has 0 aliphatic rings. The number of rotatable bonds is 8. The largest absolute Gasteiger partial charge is 0.478 e. The molecule has 3 aromatic rings. The van der Waals surface area contributed by atoms with Crippen LogP contribution < -0.4 is 14.2 Å². The van der Waals surface area contributed by atoms with Gasteiger partial charge in [0.15, 0.2) is 6.67 Å². The van der Waals surface area contributed by atoms with Gasteiger partial charge in [-0.3, -0.25) is 4.72 Å². The lowest BCUT2D eigenvalue weighted by molar-refractivity contribution is -0.187. The summed E-state index contributed by atoms with van der Waals surface area (Å²) in [4.78, 5) is 11.8. The maximum Gasteiger partial charge on any atom is 0.427 e. The maximum atomic E-state index is 13.3. The molecule has 0 fully saturated rings. The first-order valence-electron chi connectivity index (χ1n) is 8.14. The first-order chi connectivity index (χ1) is 13.4. The van der Waals surface area contributed by atoms with E-state index in [0.717, 1.165) is 22.2 Å². The van der Waals surface area contributed by atoms with E-state index in [4.69, 9.17) is 4.74 Å². The molecule has 28 heavy (non-hydrogen) atoms. The Bertz CT molecular complexity index is 958. The Morgan fingerprint density at radius 2 is 2.07 bits per heavy atom. The van der Waals surface area contributed by atoms with Crippen LogP contribution in [0.25, 0.3) is 10.9 Å². The Labute approximate surface area is 161 Å². The van der Waals surface area contributed by atoms with Gasteiger partial charge in [0.25, 0.3) is 5.88 Å². The minimum Gasteiger partial charge on any atom is -0.478 e. The molecular weight excluding hydrogens is 400 g/mol. The molecule has 0 amide bonds. The van der Waals surface area contributed by atoms with Crippen molar-refractivity contribution < 1.29 is 27.0 Å². The molecule has 1 aromatic carbocycles. The van der Waals surface area contributed by atoms with Gasteiger partial charge >= 0.3 is 6.11 Å². The Hall–Kier alpha value is -2.69. The number of nitrogens with zero attached hydrogens (tertiary/aromatic N) is 2. The fourth-order valence-electron chi connectivity index (χ4n) is 2.43. The van der Waals surface area contributed by atoms with Crippen molar-refractivity contribution >= 4 is 28.8 Å². The van der Waals surface area contributed by atoms with Crippen LogP contribution >= 0.6 is 11.9 Å². The Kier molecular flexibility index (Phi) is 5.82. The fourth-order valence-corrected chi connectivity index (χ4v) is 3.13. The molecule has 2 aromatic heterocycles. The third-order valence-electron chi connectivity index (χ3n) is 3.70. The number of ether oxygens (including phenoxy) is 2. The molecule has 2 heterocycles. The highest BCUT2D eigenvalue weighted by Crippen LogP contribution is 2.35.